The maximum absolute atomic E-state index is 12.2. The molecule has 0 atom stereocenters. The third kappa shape index (κ3) is 3.11. The van der Waals surface area contributed by atoms with Crippen molar-refractivity contribution in [2.45, 2.75) is 6.54 Å². The van der Waals surface area contributed by atoms with Crippen LogP contribution in [0.25, 0.3) is 0 Å². The van der Waals surface area contributed by atoms with Gasteiger partial charge in [-0.15, -0.1) is 0 Å². The fourth-order valence-corrected chi connectivity index (χ4v) is 2.14. The SMILES string of the molecule is COc1ccc(Cl)cc1CN(C)C(=O)c1cnn(C)c1. The topological polar surface area (TPSA) is 47.4 Å². The quantitative estimate of drug-likeness (QED) is 0.869. The molecule has 1 heterocycles. The zero-order valence-corrected chi connectivity index (χ0v) is 12.4. The normalized spacial score (nSPS) is 10.4. The lowest BCUT2D eigenvalue weighted by atomic mass is 10.2. The molecule has 0 saturated heterocycles. The van der Waals surface area contributed by atoms with E-state index >= 15 is 0 Å². The Labute approximate surface area is 122 Å². The van der Waals surface area contributed by atoms with Crippen LogP contribution < -0.4 is 4.74 Å². The molecule has 0 radical (unpaired) electrons. The number of rotatable bonds is 4. The van der Waals surface area contributed by atoms with Crippen LogP contribution in [0.5, 0.6) is 5.75 Å². The summed E-state index contributed by atoms with van der Waals surface area (Å²) in [5.74, 6) is 0.611. The van der Waals surface area contributed by atoms with Crippen LogP contribution in [0.2, 0.25) is 5.02 Å². The van der Waals surface area contributed by atoms with Gasteiger partial charge in [0.1, 0.15) is 5.75 Å². The predicted octanol–water partition coefficient (Wildman–Crippen LogP) is 2.35. The Bertz CT molecular complexity index is 625. The van der Waals surface area contributed by atoms with Crippen molar-refractivity contribution in [3.63, 3.8) is 0 Å². The number of hydrogen-bond acceptors (Lipinski definition) is 3. The highest BCUT2D eigenvalue weighted by molar-refractivity contribution is 6.30. The van der Waals surface area contributed by atoms with Gasteiger partial charge in [-0.2, -0.15) is 5.10 Å². The molecule has 106 valence electrons. The predicted molar refractivity (Wildman–Crippen MR) is 77.0 cm³/mol. The van der Waals surface area contributed by atoms with Crippen molar-refractivity contribution in [2.24, 2.45) is 7.05 Å². The summed E-state index contributed by atoms with van der Waals surface area (Å²) in [6.07, 6.45) is 3.24. The number of aromatic nitrogens is 2. The Morgan fingerprint density at radius 2 is 2.25 bits per heavy atom. The molecule has 1 aromatic heterocycles. The van der Waals surface area contributed by atoms with Gasteiger partial charge < -0.3 is 9.64 Å². The van der Waals surface area contributed by atoms with Gasteiger partial charge in [-0.3, -0.25) is 9.48 Å². The lowest BCUT2D eigenvalue weighted by molar-refractivity contribution is 0.0784. The van der Waals surface area contributed by atoms with Gasteiger partial charge in [0.2, 0.25) is 0 Å². The van der Waals surface area contributed by atoms with E-state index in [4.69, 9.17) is 16.3 Å². The van der Waals surface area contributed by atoms with Crippen molar-refractivity contribution in [1.82, 2.24) is 14.7 Å². The average Bonchev–Trinajstić information content (AvgIpc) is 2.84. The van der Waals surface area contributed by atoms with Crippen LogP contribution in [0.1, 0.15) is 15.9 Å². The van der Waals surface area contributed by atoms with Crippen LogP contribution in [0.15, 0.2) is 30.6 Å². The summed E-state index contributed by atoms with van der Waals surface area (Å²) in [6.45, 7) is 0.414. The molecule has 0 saturated carbocycles. The minimum Gasteiger partial charge on any atom is -0.496 e. The van der Waals surface area contributed by atoms with Crippen LogP contribution in [0.3, 0.4) is 0 Å². The summed E-state index contributed by atoms with van der Waals surface area (Å²) in [4.78, 5) is 13.8. The fraction of sp³-hybridized carbons (Fsp3) is 0.286. The second-order valence-electron chi connectivity index (χ2n) is 4.52. The lowest BCUT2D eigenvalue weighted by Crippen LogP contribution is -2.26. The average molecular weight is 294 g/mol. The molecule has 0 N–H and O–H groups in total. The Morgan fingerprint density at radius 3 is 2.85 bits per heavy atom. The first kappa shape index (κ1) is 14.4. The van der Waals surface area contributed by atoms with E-state index in [9.17, 15) is 4.79 Å². The van der Waals surface area contributed by atoms with Gasteiger partial charge in [0.25, 0.3) is 5.91 Å². The van der Waals surface area contributed by atoms with E-state index in [0.717, 1.165) is 5.56 Å². The van der Waals surface area contributed by atoms with Gasteiger partial charge in [-0.1, -0.05) is 11.6 Å². The molecule has 5 nitrogen and oxygen atoms in total. The Balaban J connectivity index is 2.17. The number of halogens is 1. The number of hydrogen-bond donors (Lipinski definition) is 0. The Kier molecular flexibility index (Phi) is 4.29. The molecule has 0 aliphatic heterocycles. The van der Waals surface area contributed by atoms with Crippen molar-refractivity contribution in [3.05, 3.63) is 46.7 Å². The first-order chi connectivity index (χ1) is 9.51. The summed E-state index contributed by atoms with van der Waals surface area (Å²) < 4.78 is 6.88. The van der Waals surface area contributed by atoms with Crippen LogP contribution in [-0.2, 0) is 13.6 Å². The molecule has 2 rings (SSSR count). The summed E-state index contributed by atoms with van der Waals surface area (Å²) in [5.41, 5.74) is 1.41. The Hall–Kier alpha value is -2.01. The molecule has 0 bridgehead atoms. The molecule has 0 fully saturated rings. The maximum atomic E-state index is 12.2. The number of methoxy groups -OCH3 is 1. The molecule has 0 unspecified atom stereocenters. The standard InChI is InChI=1S/C14H16ClN3O2/c1-17(14(19)11-7-16-18(2)9-11)8-10-6-12(15)4-5-13(10)20-3/h4-7,9H,8H2,1-3H3. The Morgan fingerprint density at radius 1 is 1.50 bits per heavy atom. The van der Waals surface area contributed by atoms with Crippen LogP contribution in [-0.4, -0.2) is 34.7 Å². The maximum Gasteiger partial charge on any atom is 0.257 e. The molecular formula is C14H16ClN3O2. The number of ether oxygens (including phenoxy) is 1. The highest BCUT2D eigenvalue weighted by Gasteiger charge is 2.15. The molecule has 0 aliphatic rings. The molecular weight excluding hydrogens is 278 g/mol. The number of nitrogens with zero attached hydrogens (tertiary/aromatic N) is 3. The van der Waals surface area contributed by atoms with Crippen molar-refractivity contribution in [3.8, 4) is 5.75 Å². The molecule has 6 heteroatoms. The number of aryl methyl sites for hydroxylation is 1. The summed E-state index contributed by atoms with van der Waals surface area (Å²) in [7, 11) is 5.10. The zero-order chi connectivity index (χ0) is 14.7. The van der Waals surface area contributed by atoms with Crippen molar-refractivity contribution < 1.29 is 9.53 Å². The minimum absolute atomic E-state index is 0.0971. The smallest absolute Gasteiger partial charge is 0.257 e. The first-order valence-electron chi connectivity index (χ1n) is 6.08. The molecule has 1 amide bonds. The van der Waals surface area contributed by atoms with Gasteiger partial charge >= 0.3 is 0 Å². The molecule has 0 aliphatic carbocycles. The highest BCUT2D eigenvalue weighted by atomic mass is 35.5. The number of carbonyl (C=O) groups excluding carboxylic acids is 1. The van der Waals surface area contributed by atoms with E-state index in [1.807, 2.05) is 0 Å². The second-order valence-corrected chi connectivity index (χ2v) is 4.96. The number of amides is 1. The molecule has 20 heavy (non-hydrogen) atoms. The van der Waals surface area contributed by atoms with Crippen LogP contribution in [0, 0.1) is 0 Å². The van der Waals surface area contributed by atoms with Gasteiger partial charge in [0.05, 0.1) is 18.9 Å². The van der Waals surface area contributed by atoms with E-state index in [2.05, 4.69) is 5.10 Å². The van der Waals surface area contributed by atoms with Gasteiger partial charge in [0, 0.05) is 37.4 Å². The first-order valence-corrected chi connectivity index (χ1v) is 6.45. The number of carbonyl (C=O) groups is 1. The van der Waals surface area contributed by atoms with E-state index < -0.39 is 0 Å². The number of benzene rings is 1. The lowest BCUT2D eigenvalue weighted by Gasteiger charge is -2.18. The largest absolute Gasteiger partial charge is 0.496 e. The minimum atomic E-state index is -0.0971. The van der Waals surface area contributed by atoms with Crippen LogP contribution >= 0.6 is 11.6 Å². The molecule has 0 spiro atoms. The summed E-state index contributed by atoms with van der Waals surface area (Å²) in [6, 6.07) is 5.35. The van der Waals surface area contributed by atoms with Gasteiger partial charge in [-0.25, -0.2) is 0 Å². The summed E-state index contributed by atoms with van der Waals surface area (Å²) in [5, 5.41) is 4.61. The van der Waals surface area contributed by atoms with Crippen LogP contribution in [0.4, 0.5) is 0 Å². The van der Waals surface area contributed by atoms with Crippen molar-refractivity contribution >= 4 is 17.5 Å². The zero-order valence-electron chi connectivity index (χ0n) is 11.6. The van der Waals surface area contributed by atoms with E-state index in [0.29, 0.717) is 22.9 Å². The second kappa shape index (κ2) is 5.96. The van der Waals surface area contributed by atoms with Crippen molar-refractivity contribution in [1.29, 1.82) is 0 Å². The van der Waals surface area contributed by atoms with E-state index in [1.165, 1.54) is 0 Å². The summed E-state index contributed by atoms with van der Waals surface area (Å²) >= 11 is 5.98. The third-order valence-electron chi connectivity index (χ3n) is 2.95. The van der Waals surface area contributed by atoms with Gasteiger partial charge in [-0.05, 0) is 18.2 Å². The fourth-order valence-electron chi connectivity index (χ4n) is 1.95. The highest BCUT2D eigenvalue weighted by Crippen LogP contribution is 2.24. The molecule has 2 aromatic rings. The molecule has 1 aromatic carbocycles. The van der Waals surface area contributed by atoms with Gasteiger partial charge in [0.15, 0.2) is 0 Å². The van der Waals surface area contributed by atoms with E-state index in [1.54, 1.807) is 61.4 Å². The van der Waals surface area contributed by atoms with Crippen molar-refractivity contribution in [2.75, 3.05) is 14.2 Å². The monoisotopic (exact) mass is 293 g/mol. The van der Waals surface area contributed by atoms with E-state index in [-0.39, 0.29) is 5.91 Å². The third-order valence-corrected chi connectivity index (χ3v) is 3.18.